The lowest BCUT2D eigenvalue weighted by molar-refractivity contribution is -0.128. The molecular formula is C24H22ClN3O2. The summed E-state index contributed by atoms with van der Waals surface area (Å²) in [5.41, 5.74) is 1.97. The zero-order chi connectivity index (χ0) is 20.9. The van der Waals surface area contributed by atoms with Crippen molar-refractivity contribution in [3.05, 3.63) is 83.7 Å². The van der Waals surface area contributed by atoms with E-state index in [0.29, 0.717) is 24.2 Å². The SMILES string of the molecule is O=C(N/C(C(=O)N1CCCCC1)=C(\Cl)c1cnc2ccccc2c1)c1ccccc1. The highest BCUT2D eigenvalue weighted by atomic mass is 35.5. The van der Waals surface area contributed by atoms with Crippen molar-refractivity contribution < 1.29 is 9.59 Å². The molecule has 30 heavy (non-hydrogen) atoms. The highest BCUT2D eigenvalue weighted by Gasteiger charge is 2.25. The Bertz CT molecular complexity index is 1110. The van der Waals surface area contributed by atoms with Gasteiger partial charge in [0, 0.05) is 35.8 Å². The Hall–Kier alpha value is -3.18. The van der Waals surface area contributed by atoms with E-state index in [1.165, 1.54) is 0 Å². The molecule has 6 heteroatoms. The zero-order valence-corrected chi connectivity index (χ0v) is 17.2. The van der Waals surface area contributed by atoms with Crippen LogP contribution in [0.25, 0.3) is 15.9 Å². The Labute approximate surface area is 180 Å². The molecule has 1 aromatic heterocycles. The predicted octanol–water partition coefficient (Wildman–Crippen LogP) is 4.58. The summed E-state index contributed by atoms with van der Waals surface area (Å²) in [7, 11) is 0. The summed E-state index contributed by atoms with van der Waals surface area (Å²) in [4.78, 5) is 32.3. The van der Waals surface area contributed by atoms with Crippen molar-refractivity contribution in [2.75, 3.05) is 13.1 Å². The first kappa shape index (κ1) is 20.1. The lowest BCUT2D eigenvalue weighted by atomic mass is 10.1. The third-order valence-electron chi connectivity index (χ3n) is 5.20. The highest BCUT2D eigenvalue weighted by Crippen LogP contribution is 2.26. The molecule has 0 spiro atoms. The van der Waals surface area contributed by atoms with Crippen LogP contribution in [0.5, 0.6) is 0 Å². The van der Waals surface area contributed by atoms with Gasteiger partial charge in [0.15, 0.2) is 0 Å². The summed E-state index contributed by atoms with van der Waals surface area (Å²) >= 11 is 6.70. The first-order valence-corrected chi connectivity index (χ1v) is 10.4. The van der Waals surface area contributed by atoms with Crippen LogP contribution in [0.3, 0.4) is 0 Å². The molecule has 2 amide bonds. The smallest absolute Gasteiger partial charge is 0.271 e. The number of likely N-dealkylation sites (tertiary alicyclic amines) is 1. The van der Waals surface area contributed by atoms with Gasteiger partial charge in [-0.05, 0) is 43.5 Å². The van der Waals surface area contributed by atoms with Gasteiger partial charge in [-0.25, -0.2) is 0 Å². The van der Waals surface area contributed by atoms with Gasteiger partial charge in [0.25, 0.3) is 11.8 Å². The third kappa shape index (κ3) is 4.36. The normalized spacial score (nSPS) is 14.9. The minimum Gasteiger partial charge on any atom is -0.337 e. The monoisotopic (exact) mass is 419 g/mol. The van der Waals surface area contributed by atoms with E-state index in [4.69, 9.17) is 11.6 Å². The van der Waals surface area contributed by atoms with Crippen molar-refractivity contribution in [3.63, 3.8) is 0 Å². The first-order chi connectivity index (χ1) is 14.6. The molecule has 152 valence electrons. The van der Waals surface area contributed by atoms with E-state index in [1.54, 1.807) is 35.4 Å². The van der Waals surface area contributed by atoms with E-state index in [-0.39, 0.29) is 22.5 Å². The van der Waals surface area contributed by atoms with E-state index in [2.05, 4.69) is 10.3 Å². The number of carbonyl (C=O) groups excluding carboxylic acids is 2. The van der Waals surface area contributed by atoms with Crippen molar-refractivity contribution in [2.45, 2.75) is 19.3 Å². The van der Waals surface area contributed by atoms with Gasteiger partial charge in [-0.3, -0.25) is 14.6 Å². The number of hydrogen-bond acceptors (Lipinski definition) is 3. The molecule has 0 saturated carbocycles. The van der Waals surface area contributed by atoms with Crippen molar-refractivity contribution in [1.82, 2.24) is 15.2 Å². The number of aromatic nitrogens is 1. The standard InChI is InChI=1S/C24H22ClN3O2/c25-21(19-15-18-11-5-6-12-20(18)26-16-19)22(24(30)28-13-7-2-8-14-28)27-23(29)17-9-3-1-4-10-17/h1,3-6,9-12,15-16H,2,7-8,13-14H2,(H,27,29)/b22-21-. The molecule has 0 unspecified atom stereocenters. The molecule has 1 N–H and O–H groups in total. The number of amides is 2. The summed E-state index contributed by atoms with van der Waals surface area (Å²) in [6, 6.07) is 18.3. The van der Waals surface area contributed by atoms with Gasteiger partial charge in [-0.15, -0.1) is 0 Å². The van der Waals surface area contributed by atoms with Crippen molar-refractivity contribution in [1.29, 1.82) is 0 Å². The van der Waals surface area contributed by atoms with E-state index < -0.39 is 0 Å². The fourth-order valence-corrected chi connectivity index (χ4v) is 3.80. The van der Waals surface area contributed by atoms with Crippen molar-refractivity contribution in [3.8, 4) is 0 Å². The highest BCUT2D eigenvalue weighted by molar-refractivity contribution is 6.51. The second kappa shape index (κ2) is 9.09. The molecular weight excluding hydrogens is 398 g/mol. The molecule has 0 bridgehead atoms. The van der Waals surface area contributed by atoms with Crippen LogP contribution < -0.4 is 5.32 Å². The van der Waals surface area contributed by atoms with Crippen molar-refractivity contribution >= 4 is 39.4 Å². The van der Waals surface area contributed by atoms with Crippen LogP contribution in [0.2, 0.25) is 0 Å². The van der Waals surface area contributed by atoms with Gasteiger partial charge in [0.1, 0.15) is 5.70 Å². The van der Waals surface area contributed by atoms with Crippen molar-refractivity contribution in [2.24, 2.45) is 0 Å². The minimum absolute atomic E-state index is 0.0875. The molecule has 2 heterocycles. The number of nitrogens with zero attached hydrogens (tertiary/aromatic N) is 2. The van der Waals surface area contributed by atoms with Gasteiger partial charge < -0.3 is 10.2 Å². The van der Waals surface area contributed by atoms with Gasteiger partial charge in [0.2, 0.25) is 0 Å². The maximum absolute atomic E-state index is 13.3. The number of piperidine rings is 1. The summed E-state index contributed by atoms with van der Waals surface area (Å²) < 4.78 is 0. The number of para-hydroxylation sites is 1. The lowest BCUT2D eigenvalue weighted by Gasteiger charge is -2.28. The van der Waals surface area contributed by atoms with Crippen LogP contribution >= 0.6 is 11.6 Å². The largest absolute Gasteiger partial charge is 0.337 e. The average molecular weight is 420 g/mol. The fourth-order valence-electron chi connectivity index (χ4n) is 3.57. The topological polar surface area (TPSA) is 62.3 Å². The predicted molar refractivity (Wildman–Crippen MR) is 119 cm³/mol. The molecule has 0 aliphatic carbocycles. The number of pyridine rings is 1. The van der Waals surface area contributed by atoms with Gasteiger partial charge in [-0.1, -0.05) is 48.0 Å². The molecule has 0 radical (unpaired) electrons. The Morgan fingerprint density at radius 3 is 2.37 bits per heavy atom. The number of fused-ring (bicyclic) bond motifs is 1. The van der Waals surface area contributed by atoms with Crippen LogP contribution in [0.1, 0.15) is 35.2 Å². The molecule has 5 nitrogen and oxygen atoms in total. The number of carbonyl (C=O) groups is 2. The molecule has 1 fully saturated rings. The molecule has 1 aliphatic heterocycles. The van der Waals surface area contributed by atoms with E-state index in [1.807, 2.05) is 36.4 Å². The molecule has 3 aromatic rings. The van der Waals surface area contributed by atoms with Crippen LogP contribution in [0, 0.1) is 0 Å². The van der Waals surface area contributed by atoms with Crippen LogP contribution in [0.15, 0.2) is 72.6 Å². The summed E-state index contributed by atoms with van der Waals surface area (Å²) in [6.45, 7) is 1.31. The fraction of sp³-hybridized carbons (Fsp3) is 0.208. The Morgan fingerprint density at radius 1 is 0.900 bits per heavy atom. The molecule has 0 atom stereocenters. The van der Waals surface area contributed by atoms with Gasteiger partial charge >= 0.3 is 0 Å². The number of benzene rings is 2. The molecule has 4 rings (SSSR count). The molecule has 1 aliphatic rings. The quantitative estimate of drug-likeness (QED) is 0.629. The minimum atomic E-state index is -0.372. The maximum atomic E-state index is 13.3. The lowest BCUT2D eigenvalue weighted by Crippen LogP contribution is -2.41. The Morgan fingerprint density at radius 2 is 1.60 bits per heavy atom. The van der Waals surface area contributed by atoms with E-state index in [0.717, 1.165) is 30.2 Å². The molecule has 1 saturated heterocycles. The summed E-state index contributed by atoms with van der Waals surface area (Å²) in [5, 5.41) is 3.86. The Kier molecular flexibility index (Phi) is 6.10. The molecule has 2 aromatic carbocycles. The summed E-state index contributed by atoms with van der Waals surface area (Å²) in [5.74, 6) is -0.639. The average Bonchev–Trinajstić information content (AvgIpc) is 2.82. The zero-order valence-electron chi connectivity index (χ0n) is 16.5. The third-order valence-corrected chi connectivity index (χ3v) is 5.60. The van der Waals surface area contributed by atoms with Gasteiger partial charge in [-0.2, -0.15) is 0 Å². The van der Waals surface area contributed by atoms with Crippen LogP contribution in [-0.4, -0.2) is 34.8 Å². The van der Waals surface area contributed by atoms with E-state index in [9.17, 15) is 9.59 Å². The van der Waals surface area contributed by atoms with Crippen LogP contribution in [-0.2, 0) is 4.79 Å². The number of rotatable bonds is 4. The summed E-state index contributed by atoms with van der Waals surface area (Å²) in [6.07, 6.45) is 4.62. The second-order valence-electron chi connectivity index (χ2n) is 7.28. The van der Waals surface area contributed by atoms with E-state index >= 15 is 0 Å². The van der Waals surface area contributed by atoms with Gasteiger partial charge in [0.05, 0.1) is 10.5 Å². The Balaban J connectivity index is 1.73. The maximum Gasteiger partial charge on any atom is 0.271 e. The second-order valence-corrected chi connectivity index (χ2v) is 7.66. The number of halogens is 1. The first-order valence-electron chi connectivity index (χ1n) is 10.0. The number of nitrogens with one attached hydrogen (secondary N) is 1. The number of hydrogen-bond donors (Lipinski definition) is 1. The van der Waals surface area contributed by atoms with Crippen LogP contribution in [0.4, 0.5) is 0 Å².